The van der Waals surface area contributed by atoms with Gasteiger partial charge in [-0.2, -0.15) is 9.41 Å². The van der Waals surface area contributed by atoms with Gasteiger partial charge in [-0.1, -0.05) is 11.6 Å². The van der Waals surface area contributed by atoms with Crippen LogP contribution in [0.4, 0.5) is 5.69 Å². The predicted molar refractivity (Wildman–Crippen MR) is 149 cm³/mol. The molecule has 0 spiro atoms. The van der Waals surface area contributed by atoms with Gasteiger partial charge in [0, 0.05) is 23.7 Å². The van der Waals surface area contributed by atoms with Gasteiger partial charge in [0.2, 0.25) is 10.0 Å². The van der Waals surface area contributed by atoms with E-state index in [4.69, 9.17) is 21.1 Å². The monoisotopic (exact) mass is 586 g/mol. The van der Waals surface area contributed by atoms with Crippen molar-refractivity contribution in [3.05, 3.63) is 93.0 Å². The molecule has 1 atom stereocenters. The second-order valence-electron chi connectivity index (χ2n) is 8.81. The minimum atomic E-state index is -3.87. The first-order valence-electron chi connectivity index (χ1n) is 12.4. The number of carbonyl (C=O) groups excluding carboxylic acids is 1. The van der Waals surface area contributed by atoms with Gasteiger partial charge in [-0.15, -0.1) is 0 Å². The third-order valence-electron chi connectivity index (χ3n) is 6.12. The number of nitro groups is 1. The summed E-state index contributed by atoms with van der Waals surface area (Å²) in [6.45, 7) is 2.61. The zero-order chi connectivity index (χ0) is 28.7. The average Bonchev–Trinajstić information content (AvgIpc) is 3.45. The SMILES string of the molecule is CCOc1cc(/C=N\NC(=O)[C@@H]2CCCN2S(=O)(=O)c2ccc(Cl)cc2)ccc1OCc1ccc([N+](=O)[O-])cc1. The van der Waals surface area contributed by atoms with Crippen LogP contribution >= 0.6 is 11.6 Å². The van der Waals surface area contributed by atoms with Crippen LogP contribution in [0, 0.1) is 10.1 Å². The molecule has 1 saturated heterocycles. The second-order valence-corrected chi connectivity index (χ2v) is 11.1. The van der Waals surface area contributed by atoms with E-state index in [1.54, 1.807) is 30.3 Å². The largest absolute Gasteiger partial charge is 0.490 e. The zero-order valence-electron chi connectivity index (χ0n) is 21.5. The Morgan fingerprint density at radius 2 is 1.85 bits per heavy atom. The number of ether oxygens (including phenoxy) is 2. The third kappa shape index (κ3) is 6.95. The highest BCUT2D eigenvalue weighted by atomic mass is 35.5. The fourth-order valence-electron chi connectivity index (χ4n) is 4.14. The van der Waals surface area contributed by atoms with Crippen LogP contribution in [0.15, 0.2) is 76.7 Å². The summed E-state index contributed by atoms with van der Waals surface area (Å²) >= 11 is 5.88. The molecule has 11 nitrogen and oxygen atoms in total. The normalized spacial score (nSPS) is 15.7. The Bertz CT molecular complexity index is 1500. The Kier molecular flexibility index (Phi) is 9.35. The van der Waals surface area contributed by atoms with Gasteiger partial charge in [-0.25, -0.2) is 13.8 Å². The number of hydrazone groups is 1. The molecule has 1 N–H and O–H groups in total. The molecule has 0 bridgehead atoms. The van der Waals surface area contributed by atoms with Crippen molar-refractivity contribution in [3.8, 4) is 11.5 Å². The summed E-state index contributed by atoms with van der Waals surface area (Å²) in [6, 6.07) is 16.1. The number of amides is 1. The van der Waals surface area contributed by atoms with Crippen LogP contribution in [0.25, 0.3) is 0 Å². The van der Waals surface area contributed by atoms with E-state index in [1.165, 1.54) is 46.9 Å². The molecule has 0 saturated carbocycles. The Morgan fingerprint density at radius 3 is 2.52 bits per heavy atom. The molecule has 13 heteroatoms. The molecule has 1 fully saturated rings. The fraction of sp³-hybridized carbons (Fsp3) is 0.259. The molecule has 1 aliphatic heterocycles. The van der Waals surface area contributed by atoms with E-state index in [1.807, 2.05) is 6.92 Å². The minimum absolute atomic E-state index is 0.00157. The van der Waals surface area contributed by atoms with Gasteiger partial charge in [0.05, 0.1) is 22.6 Å². The molecule has 4 rings (SSSR count). The number of carbonyl (C=O) groups is 1. The molecule has 0 aromatic heterocycles. The predicted octanol–water partition coefficient (Wildman–Crippen LogP) is 4.53. The van der Waals surface area contributed by atoms with Gasteiger partial charge in [0.25, 0.3) is 11.6 Å². The number of hydrogen-bond donors (Lipinski definition) is 1. The zero-order valence-corrected chi connectivity index (χ0v) is 23.1. The Balaban J connectivity index is 1.39. The highest BCUT2D eigenvalue weighted by Crippen LogP contribution is 2.30. The van der Waals surface area contributed by atoms with Gasteiger partial charge in [-0.3, -0.25) is 14.9 Å². The van der Waals surface area contributed by atoms with E-state index in [9.17, 15) is 23.3 Å². The van der Waals surface area contributed by atoms with E-state index in [2.05, 4.69) is 10.5 Å². The van der Waals surface area contributed by atoms with Crippen molar-refractivity contribution in [1.29, 1.82) is 0 Å². The topological polar surface area (TPSA) is 140 Å². The molecular formula is C27H27ClN4O7S. The van der Waals surface area contributed by atoms with Gasteiger partial charge in [-0.05, 0) is 85.5 Å². The number of nitro benzene ring substituents is 1. The highest BCUT2D eigenvalue weighted by Gasteiger charge is 2.39. The van der Waals surface area contributed by atoms with Crippen molar-refractivity contribution in [2.45, 2.75) is 37.3 Å². The summed E-state index contributed by atoms with van der Waals surface area (Å²) < 4.78 is 38.9. The number of benzene rings is 3. The lowest BCUT2D eigenvalue weighted by Crippen LogP contribution is -2.44. The van der Waals surface area contributed by atoms with Gasteiger partial charge in [0.15, 0.2) is 11.5 Å². The maximum Gasteiger partial charge on any atom is 0.269 e. The summed E-state index contributed by atoms with van der Waals surface area (Å²) in [5.41, 5.74) is 3.81. The molecule has 1 heterocycles. The van der Waals surface area contributed by atoms with Crippen LogP contribution in [0.1, 0.15) is 30.9 Å². The van der Waals surface area contributed by atoms with E-state index in [0.717, 1.165) is 5.56 Å². The highest BCUT2D eigenvalue weighted by molar-refractivity contribution is 7.89. The molecule has 40 heavy (non-hydrogen) atoms. The summed E-state index contributed by atoms with van der Waals surface area (Å²) in [5.74, 6) is 0.394. The number of sulfonamides is 1. The van der Waals surface area contributed by atoms with Crippen molar-refractivity contribution >= 4 is 39.4 Å². The van der Waals surface area contributed by atoms with Crippen LogP contribution in [-0.2, 0) is 21.4 Å². The first-order chi connectivity index (χ1) is 19.2. The number of rotatable bonds is 11. The summed E-state index contributed by atoms with van der Waals surface area (Å²) in [6.07, 6.45) is 2.35. The van der Waals surface area contributed by atoms with Crippen LogP contribution in [0.3, 0.4) is 0 Å². The average molecular weight is 587 g/mol. The quantitative estimate of drug-likeness (QED) is 0.198. The molecule has 3 aromatic carbocycles. The number of hydrogen-bond acceptors (Lipinski definition) is 8. The Morgan fingerprint density at radius 1 is 1.12 bits per heavy atom. The molecule has 210 valence electrons. The van der Waals surface area contributed by atoms with Crippen molar-refractivity contribution in [2.75, 3.05) is 13.2 Å². The first-order valence-corrected chi connectivity index (χ1v) is 14.2. The summed E-state index contributed by atoms with van der Waals surface area (Å²) in [7, 11) is -3.87. The van der Waals surface area contributed by atoms with Gasteiger partial charge in [0.1, 0.15) is 12.6 Å². The molecule has 1 aliphatic rings. The lowest BCUT2D eigenvalue weighted by atomic mass is 10.2. The molecular weight excluding hydrogens is 560 g/mol. The number of halogens is 1. The third-order valence-corrected chi connectivity index (χ3v) is 8.30. The number of nitrogens with zero attached hydrogens (tertiary/aromatic N) is 3. The lowest BCUT2D eigenvalue weighted by molar-refractivity contribution is -0.384. The number of non-ortho nitro benzene ring substituents is 1. The summed E-state index contributed by atoms with van der Waals surface area (Å²) in [4.78, 5) is 23.3. The minimum Gasteiger partial charge on any atom is -0.490 e. The molecule has 0 aliphatic carbocycles. The maximum absolute atomic E-state index is 13.1. The maximum atomic E-state index is 13.1. The van der Waals surface area contributed by atoms with Gasteiger partial charge >= 0.3 is 0 Å². The van der Waals surface area contributed by atoms with Crippen LogP contribution in [-0.4, -0.2) is 49.0 Å². The van der Waals surface area contributed by atoms with Crippen LogP contribution in [0.2, 0.25) is 5.02 Å². The number of nitrogens with one attached hydrogen (secondary N) is 1. The molecule has 3 aromatic rings. The van der Waals surface area contributed by atoms with Crippen molar-refractivity contribution in [2.24, 2.45) is 5.10 Å². The van der Waals surface area contributed by atoms with Crippen molar-refractivity contribution < 1.29 is 27.6 Å². The van der Waals surface area contributed by atoms with Crippen molar-refractivity contribution in [1.82, 2.24) is 9.73 Å². The van der Waals surface area contributed by atoms with E-state index >= 15 is 0 Å². The molecule has 0 radical (unpaired) electrons. The van der Waals surface area contributed by atoms with E-state index in [-0.39, 0.29) is 23.7 Å². The summed E-state index contributed by atoms with van der Waals surface area (Å²) in [5, 5.41) is 15.3. The fourth-order valence-corrected chi connectivity index (χ4v) is 5.93. The smallest absolute Gasteiger partial charge is 0.269 e. The van der Waals surface area contributed by atoms with Crippen LogP contribution in [0.5, 0.6) is 11.5 Å². The standard InChI is InChI=1S/C27H27ClN4O7S/c1-2-38-26-16-20(7-14-25(26)39-18-19-5-10-22(11-6-19)32(34)35)17-29-30-27(33)24-4-3-15-31(24)40(36,37)23-12-8-21(28)9-13-23/h5-14,16-17,24H,2-4,15,18H2,1H3,(H,30,33)/b29-17-/t24-/m0/s1. The Labute approximate surface area is 236 Å². The lowest BCUT2D eigenvalue weighted by Gasteiger charge is -2.22. The second kappa shape index (κ2) is 12.9. The Hall–Kier alpha value is -4.00. The van der Waals surface area contributed by atoms with Crippen molar-refractivity contribution in [3.63, 3.8) is 0 Å². The van der Waals surface area contributed by atoms with Crippen LogP contribution < -0.4 is 14.9 Å². The van der Waals surface area contributed by atoms with E-state index < -0.39 is 26.9 Å². The van der Waals surface area contributed by atoms with Gasteiger partial charge < -0.3 is 9.47 Å². The molecule has 1 amide bonds. The van der Waals surface area contributed by atoms with E-state index in [0.29, 0.717) is 41.5 Å². The first kappa shape index (κ1) is 29.0. The molecule has 0 unspecified atom stereocenters.